The molecule has 0 aliphatic carbocycles. The Morgan fingerprint density at radius 1 is 1.44 bits per heavy atom. The Morgan fingerprint density at radius 2 is 2.06 bits per heavy atom. The molecular weight excluding hydrogens is 246 g/mol. The maximum atomic E-state index is 11.8. The van der Waals surface area contributed by atoms with Crippen LogP contribution in [0.1, 0.15) is 12.8 Å². The van der Waals surface area contributed by atoms with Crippen LogP contribution in [0.4, 0.5) is 0 Å². The molecule has 0 spiro atoms. The van der Waals surface area contributed by atoms with E-state index >= 15 is 0 Å². The molecule has 0 bridgehead atoms. The van der Waals surface area contributed by atoms with E-state index in [-0.39, 0.29) is 0 Å². The molecule has 0 saturated carbocycles. The molecule has 7 heteroatoms. The third kappa shape index (κ3) is 4.21. The van der Waals surface area contributed by atoms with Gasteiger partial charge in [0, 0.05) is 25.4 Å². The van der Waals surface area contributed by atoms with E-state index in [0.717, 1.165) is 18.6 Å². The maximum Gasteiger partial charge on any atom is 0.279 e. The molecule has 16 heavy (non-hydrogen) atoms. The summed E-state index contributed by atoms with van der Waals surface area (Å²) in [5, 5.41) is 0. The zero-order valence-corrected chi connectivity index (χ0v) is 11.3. The third-order valence-electron chi connectivity index (χ3n) is 2.84. The van der Waals surface area contributed by atoms with Crippen LogP contribution in [0.15, 0.2) is 0 Å². The molecule has 96 valence electrons. The SMILES string of the molecule is CSCCNS(=O)(=O)N1CCC(CN)CC1. The van der Waals surface area contributed by atoms with Crippen molar-refractivity contribution in [1.82, 2.24) is 9.03 Å². The van der Waals surface area contributed by atoms with Gasteiger partial charge in [-0.2, -0.15) is 24.5 Å². The number of piperidine rings is 1. The van der Waals surface area contributed by atoms with Crippen molar-refractivity contribution < 1.29 is 8.42 Å². The largest absolute Gasteiger partial charge is 0.330 e. The zero-order valence-electron chi connectivity index (χ0n) is 9.68. The zero-order chi connectivity index (χ0) is 12.0. The molecule has 3 N–H and O–H groups in total. The first-order valence-corrected chi connectivity index (χ1v) is 8.37. The second-order valence-corrected chi connectivity index (χ2v) is 6.71. The highest BCUT2D eigenvalue weighted by molar-refractivity contribution is 7.98. The van der Waals surface area contributed by atoms with E-state index < -0.39 is 10.2 Å². The van der Waals surface area contributed by atoms with Crippen LogP contribution in [0, 0.1) is 5.92 Å². The summed E-state index contributed by atoms with van der Waals surface area (Å²) in [5.41, 5.74) is 5.57. The fraction of sp³-hybridized carbons (Fsp3) is 1.00. The van der Waals surface area contributed by atoms with Crippen LogP contribution >= 0.6 is 11.8 Å². The van der Waals surface area contributed by atoms with E-state index in [1.807, 2.05) is 6.26 Å². The molecule has 0 aromatic rings. The molecule has 0 aromatic heterocycles. The van der Waals surface area contributed by atoms with E-state index in [1.165, 1.54) is 4.31 Å². The van der Waals surface area contributed by atoms with E-state index in [1.54, 1.807) is 11.8 Å². The number of nitrogens with two attached hydrogens (primary N) is 1. The van der Waals surface area contributed by atoms with Crippen molar-refractivity contribution >= 4 is 22.0 Å². The Balaban J connectivity index is 2.39. The molecule has 0 amide bonds. The lowest BCUT2D eigenvalue weighted by Gasteiger charge is -2.30. The smallest absolute Gasteiger partial charge is 0.279 e. The molecule has 1 rings (SSSR count). The summed E-state index contributed by atoms with van der Waals surface area (Å²) in [5.74, 6) is 1.29. The van der Waals surface area contributed by atoms with Crippen molar-refractivity contribution in [2.75, 3.05) is 38.2 Å². The van der Waals surface area contributed by atoms with E-state index in [4.69, 9.17) is 5.73 Å². The average molecular weight is 267 g/mol. The minimum Gasteiger partial charge on any atom is -0.330 e. The van der Waals surface area contributed by atoms with Crippen molar-refractivity contribution in [3.63, 3.8) is 0 Å². The van der Waals surface area contributed by atoms with Gasteiger partial charge >= 0.3 is 0 Å². The minimum absolute atomic E-state index is 0.484. The first-order chi connectivity index (χ1) is 7.60. The summed E-state index contributed by atoms with van der Waals surface area (Å²) in [6.45, 7) is 2.35. The van der Waals surface area contributed by atoms with E-state index in [9.17, 15) is 8.42 Å². The molecule has 1 heterocycles. The first kappa shape index (κ1) is 14.2. The summed E-state index contributed by atoms with van der Waals surface area (Å²) < 4.78 is 27.8. The third-order valence-corrected chi connectivity index (χ3v) is 5.06. The Bertz CT molecular complexity index is 287. The highest BCUT2D eigenvalue weighted by Gasteiger charge is 2.26. The predicted molar refractivity (Wildman–Crippen MR) is 68.7 cm³/mol. The van der Waals surface area contributed by atoms with Gasteiger partial charge < -0.3 is 5.73 Å². The lowest BCUT2D eigenvalue weighted by molar-refractivity contribution is 0.276. The van der Waals surface area contributed by atoms with Gasteiger partial charge in [0.15, 0.2) is 0 Å². The Hall–Kier alpha value is 0.180. The molecular formula is C9H21N3O2S2. The molecule has 0 unspecified atom stereocenters. The molecule has 0 aromatic carbocycles. The Kier molecular flexibility index (Phi) is 6.06. The molecule has 5 nitrogen and oxygen atoms in total. The van der Waals surface area contributed by atoms with Gasteiger partial charge in [0.2, 0.25) is 0 Å². The molecule has 1 aliphatic rings. The van der Waals surface area contributed by atoms with Crippen LogP contribution in [-0.4, -0.2) is 50.9 Å². The fourth-order valence-corrected chi connectivity index (χ4v) is 3.42. The molecule has 1 fully saturated rings. The molecule has 0 atom stereocenters. The first-order valence-electron chi connectivity index (χ1n) is 5.54. The Morgan fingerprint density at radius 3 is 2.56 bits per heavy atom. The van der Waals surface area contributed by atoms with Gasteiger partial charge in [-0.25, -0.2) is 4.72 Å². The van der Waals surface area contributed by atoms with Gasteiger partial charge in [-0.15, -0.1) is 0 Å². The second-order valence-electron chi connectivity index (χ2n) is 3.97. The van der Waals surface area contributed by atoms with Crippen LogP contribution in [0.25, 0.3) is 0 Å². The minimum atomic E-state index is -3.26. The van der Waals surface area contributed by atoms with Gasteiger partial charge in [0.25, 0.3) is 10.2 Å². The number of thioether (sulfide) groups is 1. The second kappa shape index (κ2) is 6.80. The van der Waals surface area contributed by atoms with Gasteiger partial charge in [-0.3, -0.25) is 0 Å². The predicted octanol–water partition coefficient (Wildman–Crippen LogP) is -0.145. The van der Waals surface area contributed by atoms with E-state index in [2.05, 4.69) is 4.72 Å². The number of hydrogen-bond donors (Lipinski definition) is 2. The van der Waals surface area contributed by atoms with Crippen molar-refractivity contribution in [2.45, 2.75) is 12.8 Å². The summed E-state index contributed by atoms with van der Waals surface area (Å²) in [4.78, 5) is 0. The highest BCUT2D eigenvalue weighted by Crippen LogP contribution is 2.17. The van der Waals surface area contributed by atoms with Crippen LogP contribution in [0.5, 0.6) is 0 Å². The van der Waals surface area contributed by atoms with Crippen molar-refractivity contribution in [1.29, 1.82) is 0 Å². The lowest BCUT2D eigenvalue weighted by Crippen LogP contribution is -2.46. The highest BCUT2D eigenvalue weighted by atomic mass is 32.2. The van der Waals surface area contributed by atoms with Gasteiger partial charge in [-0.1, -0.05) is 0 Å². The van der Waals surface area contributed by atoms with Crippen molar-refractivity contribution in [2.24, 2.45) is 11.7 Å². The Labute approximate surface area is 102 Å². The van der Waals surface area contributed by atoms with Crippen molar-refractivity contribution in [3.8, 4) is 0 Å². The van der Waals surface area contributed by atoms with Gasteiger partial charge in [0.05, 0.1) is 0 Å². The summed E-state index contributed by atoms with van der Waals surface area (Å²) >= 11 is 1.63. The van der Waals surface area contributed by atoms with Gasteiger partial charge in [0.1, 0.15) is 0 Å². The van der Waals surface area contributed by atoms with Crippen molar-refractivity contribution in [3.05, 3.63) is 0 Å². The molecule has 1 aliphatic heterocycles. The summed E-state index contributed by atoms with van der Waals surface area (Å²) in [7, 11) is -3.26. The van der Waals surface area contributed by atoms with Crippen LogP contribution in [0.3, 0.4) is 0 Å². The van der Waals surface area contributed by atoms with Crippen LogP contribution < -0.4 is 10.5 Å². The lowest BCUT2D eigenvalue weighted by atomic mass is 9.99. The van der Waals surface area contributed by atoms with E-state index in [0.29, 0.717) is 32.1 Å². The number of nitrogens with zero attached hydrogens (tertiary/aromatic N) is 1. The fourth-order valence-electron chi connectivity index (χ4n) is 1.75. The van der Waals surface area contributed by atoms with Crippen LogP contribution in [-0.2, 0) is 10.2 Å². The number of nitrogens with one attached hydrogen (secondary N) is 1. The molecule has 1 saturated heterocycles. The monoisotopic (exact) mass is 267 g/mol. The van der Waals surface area contributed by atoms with Crippen LogP contribution in [0.2, 0.25) is 0 Å². The topological polar surface area (TPSA) is 75.4 Å². The normalized spacial score (nSPS) is 20.1. The average Bonchev–Trinajstić information content (AvgIpc) is 2.29. The van der Waals surface area contributed by atoms with Gasteiger partial charge in [-0.05, 0) is 31.6 Å². The maximum absolute atomic E-state index is 11.8. The summed E-state index contributed by atoms with van der Waals surface area (Å²) in [6, 6.07) is 0. The summed E-state index contributed by atoms with van der Waals surface area (Å²) in [6.07, 6.45) is 3.71. The number of hydrogen-bond acceptors (Lipinski definition) is 4. The number of rotatable bonds is 6. The standard InChI is InChI=1S/C9H21N3O2S2/c1-15-7-4-11-16(13,14)12-5-2-9(8-10)3-6-12/h9,11H,2-8,10H2,1H3. The quantitative estimate of drug-likeness (QED) is 0.657. The molecule has 0 radical (unpaired) electrons.